The molecular weight excluding hydrogens is 228 g/mol. The molecule has 0 atom stereocenters. The molecule has 0 aliphatic heterocycles. The first-order valence-corrected chi connectivity index (χ1v) is 6.27. The summed E-state index contributed by atoms with van der Waals surface area (Å²) in [6.07, 6.45) is 4.83. The van der Waals surface area contributed by atoms with E-state index in [0.717, 1.165) is 25.8 Å². The summed E-state index contributed by atoms with van der Waals surface area (Å²) in [5, 5.41) is 2.74. The Kier molecular flexibility index (Phi) is 12.4. The van der Waals surface area contributed by atoms with E-state index in [4.69, 9.17) is 5.73 Å². The zero-order chi connectivity index (χ0) is 14.6. The number of primary amides is 1. The second-order valence-corrected chi connectivity index (χ2v) is 4.05. The largest absolute Gasteiger partial charge is 0.366 e. The van der Waals surface area contributed by atoms with E-state index in [2.05, 4.69) is 18.8 Å². The molecule has 0 aliphatic rings. The van der Waals surface area contributed by atoms with E-state index < -0.39 is 0 Å². The van der Waals surface area contributed by atoms with Crippen LogP contribution in [0.15, 0.2) is 23.8 Å². The van der Waals surface area contributed by atoms with Crippen LogP contribution in [-0.4, -0.2) is 18.4 Å². The predicted molar refractivity (Wildman–Crippen MR) is 76.0 cm³/mol. The highest BCUT2D eigenvalue weighted by Crippen LogP contribution is 1.91. The molecule has 4 nitrogen and oxygen atoms in total. The van der Waals surface area contributed by atoms with Crippen molar-refractivity contribution in [2.45, 2.75) is 47.0 Å². The Balaban J connectivity index is 0. The van der Waals surface area contributed by atoms with Gasteiger partial charge in [0.25, 0.3) is 0 Å². The number of allylic oxidation sites excluding steroid dienone is 1. The van der Waals surface area contributed by atoms with Crippen molar-refractivity contribution in [2.75, 3.05) is 6.54 Å². The summed E-state index contributed by atoms with van der Waals surface area (Å²) in [5.74, 6) is -0.361. The van der Waals surface area contributed by atoms with Gasteiger partial charge in [-0.05, 0) is 26.7 Å². The monoisotopic (exact) mass is 254 g/mol. The zero-order valence-corrected chi connectivity index (χ0v) is 12.0. The van der Waals surface area contributed by atoms with Crippen LogP contribution in [0.5, 0.6) is 0 Å². The molecule has 0 saturated heterocycles. The molecule has 0 aliphatic carbocycles. The minimum absolute atomic E-state index is 0.0338. The van der Waals surface area contributed by atoms with Crippen LogP contribution in [-0.2, 0) is 9.59 Å². The van der Waals surface area contributed by atoms with Gasteiger partial charge in [-0.15, -0.1) is 0 Å². The minimum atomic E-state index is -0.327. The van der Waals surface area contributed by atoms with Gasteiger partial charge in [-0.25, -0.2) is 0 Å². The Bertz CT molecular complexity index is 307. The predicted octanol–water partition coefficient (Wildman–Crippen LogP) is 2.31. The molecule has 0 rings (SSSR count). The molecule has 0 aromatic rings. The number of amides is 2. The Morgan fingerprint density at radius 2 is 1.83 bits per heavy atom. The highest BCUT2D eigenvalue weighted by Gasteiger charge is 1.97. The van der Waals surface area contributed by atoms with Crippen LogP contribution in [0.4, 0.5) is 0 Å². The lowest BCUT2D eigenvalue weighted by Gasteiger charge is -2.01. The SMILES string of the molecule is C=C(C)C(=O)NCCCC.CCC=C(C)C(N)=O. The summed E-state index contributed by atoms with van der Waals surface area (Å²) < 4.78 is 0. The highest BCUT2D eigenvalue weighted by molar-refractivity contribution is 5.92. The van der Waals surface area contributed by atoms with Gasteiger partial charge in [0, 0.05) is 17.7 Å². The van der Waals surface area contributed by atoms with Gasteiger partial charge in [0.1, 0.15) is 0 Å². The summed E-state index contributed by atoms with van der Waals surface area (Å²) in [6.45, 7) is 11.8. The molecule has 0 fully saturated rings. The third-order valence-corrected chi connectivity index (χ3v) is 2.10. The highest BCUT2D eigenvalue weighted by atomic mass is 16.2. The maximum absolute atomic E-state index is 10.8. The van der Waals surface area contributed by atoms with Crippen molar-refractivity contribution in [3.63, 3.8) is 0 Å². The second-order valence-electron chi connectivity index (χ2n) is 4.05. The van der Waals surface area contributed by atoms with Gasteiger partial charge < -0.3 is 11.1 Å². The van der Waals surface area contributed by atoms with Gasteiger partial charge in [-0.2, -0.15) is 0 Å². The molecule has 0 aromatic carbocycles. The van der Waals surface area contributed by atoms with Crippen LogP contribution in [0, 0.1) is 0 Å². The van der Waals surface area contributed by atoms with Crippen LogP contribution in [0.2, 0.25) is 0 Å². The van der Waals surface area contributed by atoms with Gasteiger partial charge in [0.15, 0.2) is 0 Å². The van der Waals surface area contributed by atoms with Gasteiger partial charge in [-0.3, -0.25) is 9.59 Å². The van der Waals surface area contributed by atoms with E-state index in [1.165, 1.54) is 0 Å². The Hall–Kier alpha value is -1.58. The van der Waals surface area contributed by atoms with Crippen LogP contribution in [0.25, 0.3) is 0 Å². The van der Waals surface area contributed by atoms with E-state index in [1.54, 1.807) is 13.8 Å². The number of nitrogens with one attached hydrogen (secondary N) is 1. The molecule has 4 heteroatoms. The van der Waals surface area contributed by atoms with Crippen molar-refractivity contribution >= 4 is 11.8 Å². The van der Waals surface area contributed by atoms with E-state index in [1.807, 2.05) is 13.0 Å². The zero-order valence-electron chi connectivity index (χ0n) is 12.0. The Labute approximate surface area is 110 Å². The van der Waals surface area contributed by atoms with Crippen molar-refractivity contribution in [1.29, 1.82) is 0 Å². The van der Waals surface area contributed by atoms with Crippen LogP contribution >= 0.6 is 0 Å². The minimum Gasteiger partial charge on any atom is -0.366 e. The molecule has 0 aromatic heterocycles. The fourth-order valence-electron chi connectivity index (χ4n) is 0.936. The second kappa shape index (κ2) is 11.9. The third-order valence-electron chi connectivity index (χ3n) is 2.10. The number of rotatable bonds is 6. The molecule has 0 radical (unpaired) electrons. The van der Waals surface area contributed by atoms with Crippen LogP contribution in [0.3, 0.4) is 0 Å². The van der Waals surface area contributed by atoms with Crippen molar-refractivity contribution in [2.24, 2.45) is 5.73 Å². The van der Waals surface area contributed by atoms with E-state index in [-0.39, 0.29) is 11.8 Å². The van der Waals surface area contributed by atoms with Gasteiger partial charge in [0.05, 0.1) is 0 Å². The maximum atomic E-state index is 10.8. The number of carbonyl (C=O) groups is 2. The quantitative estimate of drug-likeness (QED) is 0.564. The van der Waals surface area contributed by atoms with Crippen LogP contribution in [0.1, 0.15) is 47.0 Å². The number of hydrogen-bond donors (Lipinski definition) is 2. The fourth-order valence-corrected chi connectivity index (χ4v) is 0.936. The maximum Gasteiger partial charge on any atom is 0.246 e. The van der Waals surface area contributed by atoms with Gasteiger partial charge in [0.2, 0.25) is 11.8 Å². The average Bonchev–Trinajstić information content (AvgIpc) is 2.30. The lowest BCUT2D eigenvalue weighted by molar-refractivity contribution is -0.117. The van der Waals surface area contributed by atoms with Crippen molar-refractivity contribution in [3.8, 4) is 0 Å². The number of unbranched alkanes of at least 4 members (excludes halogenated alkanes) is 1. The number of nitrogens with two attached hydrogens (primary N) is 1. The Morgan fingerprint density at radius 3 is 2.11 bits per heavy atom. The van der Waals surface area contributed by atoms with Gasteiger partial charge in [-0.1, -0.05) is 32.9 Å². The molecule has 104 valence electrons. The summed E-state index contributed by atoms with van der Waals surface area (Å²) in [4.78, 5) is 21.1. The molecule has 0 bridgehead atoms. The van der Waals surface area contributed by atoms with Crippen molar-refractivity contribution in [1.82, 2.24) is 5.32 Å². The standard InChI is InChI=1S/C8H15NO.C6H11NO/c1-4-5-6-9-8(10)7(2)3;1-3-4-5(2)6(7)8/h2,4-6H2,1,3H3,(H,9,10);4H,3H2,1-2H3,(H2,7,8). The average molecular weight is 254 g/mol. The first kappa shape index (κ1) is 18.8. The lowest BCUT2D eigenvalue weighted by atomic mass is 10.2. The molecule has 18 heavy (non-hydrogen) atoms. The normalized spacial score (nSPS) is 10.1. The fraction of sp³-hybridized carbons (Fsp3) is 0.571. The van der Waals surface area contributed by atoms with E-state index in [0.29, 0.717) is 11.1 Å². The first-order chi connectivity index (χ1) is 8.36. The smallest absolute Gasteiger partial charge is 0.246 e. The summed E-state index contributed by atoms with van der Waals surface area (Å²) in [6, 6.07) is 0. The Morgan fingerprint density at radius 1 is 1.28 bits per heavy atom. The molecule has 0 spiro atoms. The third kappa shape index (κ3) is 12.5. The molecule has 3 N–H and O–H groups in total. The van der Waals surface area contributed by atoms with Gasteiger partial charge >= 0.3 is 0 Å². The van der Waals surface area contributed by atoms with Crippen LogP contribution < -0.4 is 11.1 Å². The van der Waals surface area contributed by atoms with Crippen molar-refractivity contribution < 1.29 is 9.59 Å². The van der Waals surface area contributed by atoms with Crippen molar-refractivity contribution in [3.05, 3.63) is 23.8 Å². The molecule has 0 heterocycles. The summed E-state index contributed by atoms with van der Waals surface area (Å²) >= 11 is 0. The topological polar surface area (TPSA) is 72.2 Å². The molecule has 2 amide bonds. The first-order valence-electron chi connectivity index (χ1n) is 6.27. The molecule has 0 unspecified atom stereocenters. The number of carbonyl (C=O) groups excluding carboxylic acids is 2. The summed E-state index contributed by atoms with van der Waals surface area (Å²) in [7, 11) is 0. The molecule has 0 saturated carbocycles. The summed E-state index contributed by atoms with van der Waals surface area (Å²) in [5.41, 5.74) is 6.14. The molecular formula is C14H26N2O2. The lowest BCUT2D eigenvalue weighted by Crippen LogP contribution is -2.24. The van der Waals surface area contributed by atoms with E-state index in [9.17, 15) is 9.59 Å². The number of hydrogen-bond acceptors (Lipinski definition) is 2. The van der Waals surface area contributed by atoms with E-state index >= 15 is 0 Å².